The molecule has 0 fully saturated rings. The van der Waals surface area contributed by atoms with Crippen LogP contribution >= 0.6 is 0 Å². The average molecular weight is 242 g/mol. The molecule has 2 nitrogen and oxygen atoms in total. The first kappa shape index (κ1) is 11.4. The predicted molar refractivity (Wildman–Crippen MR) is 71.4 cm³/mol. The largest absolute Gasteiger partial charge is 0.469 e. The molecule has 2 atom stereocenters. The summed E-state index contributed by atoms with van der Waals surface area (Å²) >= 11 is 0. The lowest BCUT2D eigenvalue weighted by Gasteiger charge is -2.30. The first-order valence-electron chi connectivity index (χ1n) is 6.56. The Morgan fingerprint density at radius 2 is 2.11 bits per heavy atom. The molecule has 2 heteroatoms. The third-order valence-electron chi connectivity index (χ3n) is 3.82. The summed E-state index contributed by atoms with van der Waals surface area (Å²) in [6, 6.07) is 8.28. The van der Waals surface area contributed by atoms with Crippen LogP contribution in [0, 0.1) is 5.92 Å². The van der Waals surface area contributed by atoms with Crippen LogP contribution in [0.1, 0.15) is 30.7 Å². The molecule has 3 rings (SSSR count). The predicted octanol–water partition coefficient (Wildman–Crippen LogP) is 4.01. The van der Waals surface area contributed by atoms with Crippen LogP contribution in [0.5, 0.6) is 5.75 Å². The third kappa shape index (κ3) is 2.03. The van der Waals surface area contributed by atoms with Crippen LogP contribution in [0.3, 0.4) is 0 Å². The van der Waals surface area contributed by atoms with Crippen LogP contribution < -0.4 is 4.74 Å². The Morgan fingerprint density at radius 3 is 2.89 bits per heavy atom. The van der Waals surface area contributed by atoms with Crippen LogP contribution in [0.25, 0.3) is 0 Å². The van der Waals surface area contributed by atoms with Crippen molar-refractivity contribution in [2.75, 3.05) is 7.11 Å². The number of fused-ring (bicyclic) bond motifs is 1. The summed E-state index contributed by atoms with van der Waals surface area (Å²) in [6.07, 6.45) is 10.3. The zero-order valence-electron chi connectivity index (χ0n) is 10.6. The number of benzene rings is 1. The molecule has 0 saturated carbocycles. The fourth-order valence-electron chi connectivity index (χ4n) is 2.87. The highest BCUT2D eigenvalue weighted by molar-refractivity contribution is 5.42. The minimum Gasteiger partial charge on any atom is -0.469 e. The van der Waals surface area contributed by atoms with Gasteiger partial charge in [-0.3, -0.25) is 0 Å². The number of ether oxygens (including phenoxy) is 2. The van der Waals surface area contributed by atoms with Gasteiger partial charge in [0.25, 0.3) is 5.95 Å². The summed E-state index contributed by atoms with van der Waals surface area (Å²) in [5, 5.41) is 0. The molecule has 18 heavy (non-hydrogen) atoms. The van der Waals surface area contributed by atoms with E-state index in [2.05, 4.69) is 30.4 Å². The SMILES string of the molecule is COC1=CC(C2CC=CCC2)c2ccccc2O1. The van der Waals surface area contributed by atoms with E-state index in [1.54, 1.807) is 7.11 Å². The van der Waals surface area contributed by atoms with Crippen molar-refractivity contribution < 1.29 is 9.47 Å². The fourth-order valence-corrected chi connectivity index (χ4v) is 2.87. The maximum atomic E-state index is 5.72. The van der Waals surface area contributed by atoms with E-state index in [0.717, 1.165) is 12.2 Å². The van der Waals surface area contributed by atoms with E-state index in [-0.39, 0.29) is 0 Å². The number of methoxy groups -OCH3 is 1. The Hall–Kier alpha value is -1.70. The topological polar surface area (TPSA) is 18.5 Å². The highest BCUT2D eigenvalue weighted by atomic mass is 16.7. The van der Waals surface area contributed by atoms with Crippen LogP contribution in [0.15, 0.2) is 48.4 Å². The van der Waals surface area contributed by atoms with E-state index >= 15 is 0 Å². The molecule has 94 valence electrons. The molecule has 0 spiro atoms. The Morgan fingerprint density at radius 1 is 1.22 bits per heavy atom. The van der Waals surface area contributed by atoms with E-state index in [1.807, 2.05) is 12.1 Å². The van der Waals surface area contributed by atoms with E-state index in [1.165, 1.54) is 18.4 Å². The minimum atomic E-state index is 0.412. The number of rotatable bonds is 2. The highest BCUT2D eigenvalue weighted by Crippen LogP contribution is 2.42. The normalized spacial score (nSPS) is 25.9. The van der Waals surface area contributed by atoms with Crippen molar-refractivity contribution in [1.29, 1.82) is 0 Å². The smallest absolute Gasteiger partial charge is 0.280 e. The third-order valence-corrected chi connectivity index (χ3v) is 3.82. The Balaban J connectivity index is 1.96. The van der Waals surface area contributed by atoms with Gasteiger partial charge in [0.15, 0.2) is 0 Å². The van der Waals surface area contributed by atoms with Crippen molar-refractivity contribution >= 4 is 0 Å². The Kier molecular flexibility index (Phi) is 3.09. The zero-order chi connectivity index (χ0) is 12.4. The molecule has 1 aromatic rings. The van der Waals surface area contributed by atoms with Gasteiger partial charge in [-0.1, -0.05) is 30.4 Å². The van der Waals surface area contributed by atoms with Crippen molar-refractivity contribution in [3.8, 4) is 5.75 Å². The molecule has 0 N–H and O–H groups in total. The van der Waals surface area contributed by atoms with Crippen molar-refractivity contribution in [2.45, 2.75) is 25.2 Å². The molecular weight excluding hydrogens is 224 g/mol. The monoisotopic (exact) mass is 242 g/mol. The Bertz CT molecular complexity index is 488. The quantitative estimate of drug-likeness (QED) is 0.730. The molecular formula is C16H18O2. The summed E-state index contributed by atoms with van der Waals surface area (Å²) in [4.78, 5) is 0. The molecule has 0 saturated heterocycles. The molecule has 2 unspecified atom stereocenters. The van der Waals surface area contributed by atoms with Crippen molar-refractivity contribution in [1.82, 2.24) is 0 Å². The summed E-state index contributed by atoms with van der Waals surface area (Å²) in [7, 11) is 1.66. The lowest BCUT2D eigenvalue weighted by molar-refractivity contribution is 0.139. The molecule has 0 aromatic heterocycles. The molecule has 0 radical (unpaired) electrons. The van der Waals surface area contributed by atoms with Gasteiger partial charge in [0, 0.05) is 17.6 Å². The fraction of sp³-hybridized carbons (Fsp3) is 0.375. The summed E-state index contributed by atoms with van der Waals surface area (Å²) in [6.45, 7) is 0. The lowest BCUT2D eigenvalue weighted by atomic mass is 9.78. The molecule has 1 heterocycles. The van der Waals surface area contributed by atoms with E-state index in [4.69, 9.17) is 9.47 Å². The average Bonchev–Trinajstić information content (AvgIpc) is 2.47. The van der Waals surface area contributed by atoms with Crippen LogP contribution in [0.2, 0.25) is 0 Å². The maximum Gasteiger partial charge on any atom is 0.280 e. The van der Waals surface area contributed by atoms with Crippen LogP contribution in [-0.4, -0.2) is 7.11 Å². The van der Waals surface area contributed by atoms with Gasteiger partial charge < -0.3 is 9.47 Å². The van der Waals surface area contributed by atoms with Crippen LogP contribution in [-0.2, 0) is 4.74 Å². The van der Waals surface area contributed by atoms with E-state index in [0.29, 0.717) is 17.8 Å². The van der Waals surface area contributed by atoms with Gasteiger partial charge >= 0.3 is 0 Å². The van der Waals surface area contributed by atoms with Crippen LogP contribution in [0.4, 0.5) is 0 Å². The highest BCUT2D eigenvalue weighted by Gasteiger charge is 2.28. The van der Waals surface area contributed by atoms with Gasteiger partial charge in [-0.15, -0.1) is 0 Å². The lowest BCUT2D eigenvalue weighted by Crippen LogP contribution is -2.18. The standard InChI is InChI=1S/C16H18O2/c1-17-16-11-14(12-7-3-2-4-8-12)13-9-5-6-10-15(13)18-16/h2-3,5-6,9-12,14H,4,7-8H2,1H3. The maximum absolute atomic E-state index is 5.72. The van der Waals surface area contributed by atoms with Gasteiger partial charge in [0.1, 0.15) is 5.75 Å². The summed E-state index contributed by atoms with van der Waals surface area (Å²) in [5.41, 5.74) is 1.29. The van der Waals surface area contributed by atoms with Gasteiger partial charge in [-0.25, -0.2) is 0 Å². The van der Waals surface area contributed by atoms with Crippen molar-refractivity contribution in [2.24, 2.45) is 5.92 Å². The van der Waals surface area contributed by atoms with Gasteiger partial charge in [0.05, 0.1) is 7.11 Å². The first-order valence-corrected chi connectivity index (χ1v) is 6.56. The van der Waals surface area contributed by atoms with E-state index < -0.39 is 0 Å². The second-order valence-corrected chi connectivity index (χ2v) is 4.90. The molecule has 0 amide bonds. The van der Waals surface area contributed by atoms with E-state index in [9.17, 15) is 0 Å². The molecule has 1 aliphatic heterocycles. The van der Waals surface area contributed by atoms with Crippen molar-refractivity contribution in [3.05, 3.63) is 54.0 Å². The summed E-state index contributed by atoms with van der Waals surface area (Å²) < 4.78 is 11.0. The molecule has 2 aliphatic rings. The Labute approximate surface area is 108 Å². The number of allylic oxidation sites excluding steroid dienone is 3. The van der Waals surface area contributed by atoms with Gasteiger partial charge in [-0.2, -0.15) is 0 Å². The molecule has 0 bridgehead atoms. The number of hydrogen-bond acceptors (Lipinski definition) is 2. The van der Waals surface area contributed by atoms with Gasteiger partial charge in [0.2, 0.25) is 0 Å². The summed E-state index contributed by atoms with van der Waals surface area (Å²) in [5.74, 6) is 2.64. The van der Waals surface area contributed by atoms with Crippen molar-refractivity contribution in [3.63, 3.8) is 0 Å². The molecule has 1 aliphatic carbocycles. The first-order chi connectivity index (χ1) is 8.88. The second-order valence-electron chi connectivity index (χ2n) is 4.90. The second kappa shape index (κ2) is 4.89. The molecule has 1 aromatic carbocycles. The zero-order valence-corrected chi connectivity index (χ0v) is 10.6. The minimum absolute atomic E-state index is 0.412. The number of para-hydroxylation sites is 1. The van der Waals surface area contributed by atoms with Gasteiger partial charge in [-0.05, 0) is 31.2 Å². The number of hydrogen-bond donors (Lipinski definition) is 0.